The minimum atomic E-state index is -0.442. The highest BCUT2D eigenvalue weighted by Crippen LogP contribution is 2.19. The van der Waals surface area contributed by atoms with Gasteiger partial charge in [-0.25, -0.2) is 4.39 Å². The molecule has 0 unspecified atom stereocenters. The summed E-state index contributed by atoms with van der Waals surface area (Å²) in [6.07, 6.45) is -0.0486. The van der Waals surface area contributed by atoms with Crippen molar-refractivity contribution < 1.29 is 9.18 Å². The van der Waals surface area contributed by atoms with Gasteiger partial charge in [0.15, 0.2) is 0 Å². The molecule has 1 rings (SSSR count). The second-order valence-electron chi connectivity index (χ2n) is 2.82. The topological polar surface area (TPSA) is 55.1 Å². The minimum absolute atomic E-state index is 0.0486. The van der Waals surface area contributed by atoms with Crippen molar-refractivity contribution in [3.05, 3.63) is 28.5 Å². The van der Waals surface area contributed by atoms with E-state index < -0.39 is 5.82 Å². The van der Waals surface area contributed by atoms with Crippen molar-refractivity contribution >= 4 is 44.7 Å². The molecule has 0 aliphatic rings. The van der Waals surface area contributed by atoms with E-state index >= 15 is 0 Å². The Morgan fingerprint density at radius 3 is 2.80 bits per heavy atom. The fourth-order valence-electron chi connectivity index (χ4n) is 0.937. The Kier molecular flexibility index (Phi) is 4.16. The van der Waals surface area contributed by atoms with E-state index in [1.165, 1.54) is 12.1 Å². The van der Waals surface area contributed by atoms with Crippen LogP contribution in [0.15, 0.2) is 22.7 Å². The maximum atomic E-state index is 13.0. The molecule has 6 heteroatoms. The van der Waals surface area contributed by atoms with Gasteiger partial charge in [-0.2, -0.15) is 0 Å². The lowest BCUT2D eigenvalue weighted by atomic mass is 10.3. The van der Waals surface area contributed by atoms with Crippen LogP contribution in [0.5, 0.6) is 0 Å². The molecule has 1 amide bonds. The molecule has 0 saturated carbocycles. The molecule has 0 aliphatic heterocycles. The molecule has 0 atom stereocenters. The number of nitrogens with one attached hydrogen (secondary N) is 1. The standard InChI is InChI=1S/C9H8BrFN2OS/c10-6-2-1-5(3-7(6)11)13-9(14)4-8(12)15/h1-3H,4H2,(H2,12,15)(H,13,14). The number of amides is 1. The van der Waals surface area contributed by atoms with E-state index in [1.807, 2.05) is 0 Å². The first-order valence-electron chi connectivity index (χ1n) is 4.02. The first-order chi connectivity index (χ1) is 6.99. The molecular formula is C9H8BrFN2OS. The van der Waals surface area contributed by atoms with Crippen LogP contribution in [0.25, 0.3) is 0 Å². The first-order valence-corrected chi connectivity index (χ1v) is 5.22. The first kappa shape index (κ1) is 12.1. The highest BCUT2D eigenvalue weighted by atomic mass is 79.9. The second kappa shape index (κ2) is 5.18. The summed E-state index contributed by atoms with van der Waals surface area (Å²) in [6.45, 7) is 0. The lowest BCUT2D eigenvalue weighted by Crippen LogP contribution is -2.20. The van der Waals surface area contributed by atoms with Gasteiger partial charge in [-0.1, -0.05) is 12.2 Å². The van der Waals surface area contributed by atoms with Crippen molar-refractivity contribution in [2.75, 3.05) is 5.32 Å². The summed E-state index contributed by atoms with van der Waals surface area (Å²) in [6, 6.07) is 4.29. The van der Waals surface area contributed by atoms with Crippen molar-refractivity contribution in [1.29, 1.82) is 0 Å². The zero-order valence-electron chi connectivity index (χ0n) is 7.59. The lowest BCUT2D eigenvalue weighted by molar-refractivity contribution is -0.115. The maximum absolute atomic E-state index is 13.0. The van der Waals surface area contributed by atoms with Crippen LogP contribution in [-0.4, -0.2) is 10.9 Å². The Bertz CT molecular complexity index is 411. The molecule has 0 saturated heterocycles. The van der Waals surface area contributed by atoms with Gasteiger partial charge in [0.1, 0.15) is 5.82 Å². The van der Waals surface area contributed by atoms with Crippen LogP contribution >= 0.6 is 28.1 Å². The van der Waals surface area contributed by atoms with Crippen molar-refractivity contribution in [1.82, 2.24) is 0 Å². The van der Waals surface area contributed by atoms with Crippen LogP contribution < -0.4 is 11.1 Å². The average Bonchev–Trinajstić information content (AvgIpc) is 2.10. The predicted molar refractivity (Wildman–Crippen MR) is 64.1 cm³/mol. The molecule has 1 aromatic carbocycles. The summed E-state index contributed by atoms with van der Waals surface area (Å²) < 4.78 is 13.4. The van der Waals surface area contributed by atoms with Crippen molar-refractivity contribution in [2.45, 2.75) is 6.42 Å². The van der Waals surface area contributed by atoms with E-state index in [4.69, 9.17) is 5.73 Å². The average molecular weight is 291 g/mol. The van der Waals surface area contributed by atoms with Gasteiger partial charge in [0.25, 0.3) is 0 Å². The summed E-state index contributed by atoms with van der Waals surface area (Å²) in [7, 11) is 0. The summed E-state index contributed by atoms with van der Waals surface area (Å²) in [5.41, 5.74) is 5.56. The van der Waals surface area contributed by atoms with Gasteiger partial charge in [-0.15, -0.1) is 0 Å². The summed E-state index contributed by atoms with van der Waals surface area (Å²) >= 11 is 7.58. The molecule has 0 radical (unpaired) electrons. The number of rotatable bonds is 3. The normalized spacial score (nSPS) is 9.73. The molecule has 0 bridgehead atoms. The molecule has 0 fully saturated rings. The molecule has 0 aliphatic carbocycles. The van der Waals surface area contributed by atoms with Gasteiger partial charge in [-0.3, -0.25) is 4.79 Å². The molecule has 80 valence electrons. The van der Waals surface area contributed by atoms with Crippen LogP contribution in [0, 0.1) is 5.82 Å². The van der Waals surface area contributed by atoms with E-state index in [0.717, 1.165) is 0 Å². The highest BCUT2D eigenvalue weighted by molar-refractivity contribution is 9.10. The van der Waals surface area contributed by atoms with Crippen LogP contribution in [0.1, 0.15) is 6.42 Å². The number of hydrogen-bond acceptors (Lipinski definition) is 2. The summed E-state index contributed by atoms with van der Waals surface area (Å²) in [5.74, 6) is -0.799. The van der Waals surface area contributed by atoms with Gasteiger partial charge in [0, 0.05) is 5.69 Å². The number of nitrogens with two attached hydrogens (primary N) is 1. The third-order valence-electron chi connectivity index (χ3n) is 1.54. The molecule has 0 heterocycles. The summed E-state index contributed by atoms with van der Waals surface area (Å²) in [4.78, 5) is 11.3. The number of carbonyl (C=O) groups is 1. The number of anilines is 1. The fourth-order valence-corrected chi connectivity index (χ4v) is 1.32. The fraction of sp³-hybridized carbons (Fsp3) is 0.111. The SMILES string of the molecule is NC(=S)CC(=O)Nc1ccc(Br)c(F)c1. The lowest BCUT2D eigenvalue weighted by Gasteiger charge is -2.04. The number of benzene rings is 1. The minimum Gasteiger partial charge on any atom is -0.393 e. The number of hydrogen-bond donors (Lipinski definition) is 2. The molecule has 1 aromatic rings. The molecule has 3 nitrogen and oxygen atoms in total. The zero-order valence-corrected chi connectivity index (χ0v) is 9.99. The smallest absolute Gasteiger partial charge is 0.231 e. The van der Waals surface area contributed by atoms with Gasteiger partial charge in [-0.05, 0) is 34.1 Å². The van der Waals surface area contributed by atoms with E-state index in [0.29, 0.717) is 10.2 Å². The monoisotopic (exact) mass is 290 g/mol. The molecule has 0 spiro atoms. The Morgan fingerprint density at radius 2 is 2.27 bits per heavy atom. The van der Waals surface area contributed by atoms with Gasteiger partial charge in [0.05, 0.1) is 15.9 Å². The largest absolute Gasteiger partial charge is 0.393 e. The molecule has 0 aromatic heterocycles. The quantitative estimate of drug-likeness (QED) is 0.839. The van der Waals surface area contributed by atoms with Crippen LogP contribution in [0.2, 0.25) is 0 Å². The molecular weight excluding hydrogens is 283 g/mol. The Balaban J connectivity index is 2.69. The summed E-state index contributed by atoms with van der Waals surface area (Å²) in [5, 5.41) is 2.47. The van der Waals surface area contributed by atoms with Gasteiger partial charge >= 0.3 is 0 Å². The van der Waals surface area contributed by atoms with Gasteiger partial charge in [0.2, 0.25) is 5.91 Å². The molecule has 3 N–H and O–H groups in total. The highest BCUT2D eigenvalue weighted by Gasteiger charge is 2.05. The predicted octanol–water partition coefficient (Wildman–Crippen LogP) is 2.20. The van der Waals surface area contributed by atoms with Crippen LogP contribution in [0.4, 0.5) is 10.1 Å². The van der Waals surface area contributed by atoms with Gasteiger partial charge < -0.3 is 11.1 Å². The molecule has 15 heavy (non-hydrogen) atoms. The van der Waals surface area contributed by atoms with Crippen LogP contribution in [0.3, 0.4) is 0 Å². The van der Waals surface area contributed by atoms with E-state index in [2.05, 4.69) is 33.5 Å². The number of carbonyl (C=O) groups excluding carboxylic acids is 1. The maximum Gasteiger partial charge on any atom is 0.231 e. The van der Waals surface area contributed by atoms with Crippen molar-refractivity contribution in [3.63, 3.8) is 0 Å². The van der Waals surface area contributed by atoms with E-state index in [-0.39, 0.29) is 17.3 Å². The second-order valence-corrected chi connectivity index (χ2v) is 4.20. The Labute approximate surface area is 100.0 Å². The van der Waals surface area contributed by atoms with E-state index in [9.17, 15) is 9.18 Å². The zero-order chi connectivity index (χ0) is 11.4. The number of halogens is 2. The van der Waals surface area contributed by atoms with Crippen molar-refractivity contribution in [3.8, 4) is 0 Å². The third-order valence-corrected chi connectivity index (χ3v) is 2.33. The number of thiocarbonyl (C=S) groups is 1. The van der Waals surface area contributed by atoms with Crippen LogP contribution in [-0.2, 0) is 4.79 Å². The van der Waals surface area contributed by atoms with Crippen molar-refractivity contribution in [2.24, 2.45) is 5.73 Å². The van der Waals surface area contributed by atoms with E-state index in [1.54, 1.807) is 6.07 Å². The third kappa shape index (κ3) is 3.93. The Morgan fingerprint density at radius 1 is 1.60 bits per heavy atom. The Hall–Kier alpha value is -1.01.